The standard InChI is InChI=1S/C46H28N2OS2/c1-2-9-27(10-3-1)38-26-39(48-46(47-38)30-19-22-42-37(23-30)33-12-5-7-16-41(33)50-42)29-18-21-35-34-20-17-28(24-43(34)51-44(35)25-29)31-13-8-14-36-32-11-4-6-15-40(32)49-45(31)36/h1-26,46-47H. The van der Waals surface area contributed by atoms with Crippen molar-refractivity contribution in [3.8, 4) is 11.1 Å². The zero-order valence-corrected chi connectivity index (χ0v) is 28.9. The van der Waals surface area contributed by atoms with Gasteiger partial charge in [0.2, 0.25) is 0 Å². The van der Waals surface area contributed by atoms with Crippen LogP contribution >= 0.6 is 22.7 Å². The molecule has 3 nitrogen and oxygen atoms in total. The van der Waals surface area contributed by atoms with Crippen molar-refractivity contribution in [2.45, 2.75) is 6.17 Å². The van der Waals surface area contributed by atoms with Crippen molar-refractivity contribution in [2.24, 2.45) is 4.99 Å². The minimum Gasteiger partial charge on any atom is -0.455 e. The summed E-state index contributed by atoms with van der Waals surface area (Å²) in [5.41, 5.74) is 9.60. The summed E-state index contributed by atoms with van der Waals surface area (Å²) < 4.78 is 11.5. The smallest absolute Gasteiger partial charge is 0.145 e. The molecule has 0 bridgehead atoms. The lowest BCUT2D eigenvalue weighted by Gasteiger charge is -2.25. The van der Waals surface area contributed by atoms with Gasteiger partial charge in [-0.3, -0.25) is 4.99 Å². The number of fused-ring (bicyclic) bond motifs is 9. The molecule has 4 heterocycles. The molecule has 3 aromatic heterocycles. The highest BCUT2D eigenvalue weighted by molar-refractivity contribution is 7.26. The monoisotopic (exact) mass is 688 g/mol. The number of benzene rings is 7. The van der Waals surface area contributed by atoms with Crippen molar-refractivity contribution >= 4 is 96.4 Å². The molecule has 0 amide bonds. The van der Waals surface area contributed by atoms with Gasteiger partial charge in [0, 0.05) is 67.9 Å². The average molecular weight is 689 g/mol. The van der Waals surface area contributed by atoms with Gasteiger partial charge in [0.25, 0.3) is 0 Å². The van der Waals surface area contributed by atoms with E-state index in [2.05, 4.69) is 151 Å². The molecule has 0 aliphatic carbocycles. The van der Waals surface area contributed by atoms with E-state index >= 15 is 0 Å². The van der Waals surface area contributed by atoms with Gasteiger partial charge < -0.3 is 9.73 Å². The molecular formula is C46H28N2OS2. The summed E-state index contributed by atoms with van der Waals surface area (Å²) in [4.78, 5) is 5.36. The summed E-state index contributed by atoms with van der Waals surface area (Å²) in [5, 5.41) is 11.2. The predicted molar refractivity (Wildman–Crippen MR) is 218 cm³/mol. The minimum atomic E-state index is -0.218. The Labute approximate surface area is 301 Å². The van der Waals surface area contributed by atoms with Crippen LogP contribution in [0.3, 0.4) is 0 Å². The van der Waals surface area contributed by atoms with E-state index in [0.717, 1.165) is 61.2 Å². The summed E-state index contributed by atoms with van der Waals surface area (Å²) in [7, 11) is 0. The first kappa shape index (κ1) is 28.8. The Balaban J connectivity index is 1.02. The van der Waals surface area contributed by atoms with E-state index in [1.54, 1.807) is 0 Å². The molecule has 11 rings (SSSR count). The lowest BCUT2D eigenvalue weighted by Crippen LogP contribution is -2.24. The fraction of sp³-hybridized carbons (Fsp3) is 0.0217. The molecule has 1 aliphatic rings. The van der Waals surface area contributed by atoms with Crippen LogP contribution < -0.4 is 5.32 Å². The number of nitrogens with one attached hydrogen (secondary N) is 1. The third-order valence-electron chi connectivity index (χ3n) is 10.1. The van der Waals surface area contributed by atoms with Crippen LogP contribution in [0.15, 0.2) is 167 Å². The van der Waals surface area contributed by atoms with Gasteiger partial charge in [-0.15, -0.1) is 22.7 Å². The maximum absolute atomic E-state index is 6.39. The van der Waals surface area contributed by atoms with Crippen LogP contribution in [-0.2, 0) is 0 Å². The van der Waals surface area contributed by atoms with E-state index in [1.165, 1.54) is 40.3 Å². The fourth-order valence-corrected chi connectivity index (χ4v) is 9.90. The van der Waals surface area contributed by atoms with E-state index in [9.17, 15) is 0 Å². The summed E-state index contributed by atoms with van der Waals surface area (Å²) in [6, 6.07) is 54.4. The van der Waals surface area contributed by atoms with Gasteiger partial charge >= 0.3 is 0 Å². The molecule has 0 spiro atoms. The highest BCUT2D eigenvalue weighted by Gasteiger charge is 2.21. The number of nitrogens with zero attached hydrogens (tertiary/aromatic N) is 1. The van der Waals surface area contributed by atoms with Crippen molar-refractivity contribution in [1.82, 2.24) is 5.32 Å². The molecule has 0 radical (unpaired) electrons. The van der Waals surface area contributed by atoms with E-state index in [4.69, 9.17) is 9.41 Å². The SMILES string of the molecule is C1=C(c2ccccc2)NC(c2ccc3sc4ccccc4c3c2)N=C1c1ccc2c(c1)sc1cc(-c3cccc4c3oc3ccccc34)ccc12. The molecule has 7 aromatic carbocycles. The highest BCUT2D eigenvalue weighted by Crippen LogP contribution is 2.41. The third-order valence-corrected chi connectivity index (χ3v) is 12.4. The second-order valence-corrected chi connectivity index (χ2v) is 15.3. The van der Waals surface area contributed by atoms with E-state index in [1.807, 2.05) is 34.8 Å². The summed E-state index contributed by atoms with van der Waals surface area (Å²) in [6.45, 7) is 0. The zero-order valence-electron chi connectivity index (χ0n) is 27.3. The first-order valence-corrected chi connectivity index (χ1v) is 18.8. The number of aliphatic imine (C=N–C) groups is 1. The summed E-state index contributed by atoms with van der Waals surface area (Å²) in [5.74, 6) is 0. The molecule has 1 N–H and O–H groups in total. The Morgan fingerprint density at radius 1 is 0.490 bits per heavy atom. The number of thiophene rings is 2. The Morgan fingerprint density at radius 2 is 1.18 bits per heavy atom. The zero-order chi connectivity index (χ0) is 33.5. The van der Waals surface area contributed by atoms with E-state index in [0.29, 0.717) is 0 Å². The van der Waals surface area contributed by atoms with Crippen molar-refractivity contribution < 1.29 is 4.42 Å². The van der Waals surface area contributed by atoms with E-state index < -0.39 is 0 Å². The number of rotatable bonds is 4. The predicted octanol–water partition coefficient (Wildman–Crippen LogP) is 13.1. The quantitative estimate of drug-likeness (QED) is 0.200. The summed E-state index contributed by atoms with van der Waals surface area (Å²) >= 11 is 3.68. The molecular weight excluding hydrogens is 661 g/mol. The van der Waals surface area contributed by atoms with Crippen LogP contribution in [0, 0.1) is 0 Å². The molecule has 5 heteroatoms. The first-order chi connectivity index (χ1) is 25.2. The largest absolute Gasteiger partial charge is 0.455 e. The molecule has 1 atom stereocenters. The number of furan rings is 1. The van der Waals surface area contributed by atoms with Crippen molar-refractivity contribution in [3.05, 3.63) is 174 Å². The highest BCUT2D eigenvalue weighted by atomic mass is 32.1. The Bertz CT molecular complexity index is 3070. The molecule has 51 heavy (non-hydrogen) atoms. The maximum atomic E-state index is 6.39. The minimum absolute atomic E-state index is 0.218. The number of hydrogen-bond acceptors (Lipinski definition) is 5. The van der Waals surface area contributed by atoms with Crippen LogP contribution in [0.25, 0.3) is 79.1 Å². The molecule has 10 aromatic rings. The van der Waals surface area contributed by atoms with Crippen molar-refractivity contribution in [3.63, 3.8) is 0 Å². The number of hydrogen-bond donors (Lipinski definition) is 1. The number of allylic oxidation sites excluding steroid dienone is 1. The topological polar surface area (TPSA) is 37.5 Å². The van der Waals surface area contributed by atoms with Gasteiger partial charge in [0.05, 0.1) is 5.71 Å². The van der Waals surface area contributed by atoms with Gasteiger partial charge in [0.15, 0.2) is 0 Å². The van der Waals surface area contributed by atoms with Gasteiger partial charge in [-0.25, -0.2) is 0 Å². The normalized spacial score (nSPS) is 14.9. The molecule has 0 saturated heterocycles. The Hall–Kier alpha value is -6.01. The molecule has 0 fully saturated rings. The molecule has 1 unspecified atom stereocenters. The Morgan fingerprint density at radius 3 is 2.06 bits per heavy atom. The lowest BCUT2D eigenvalue weighted by molar-refractivity contribution is 0.665. The van der Waals surface area contributed by atoms with Crippen molar-refractivity contribution in [2.75, 3.05) is 0 Å². The first-order valence-electron chi connectivity index (χ1n) is 17.1. The third kappa shape index (κ3) is 4.66. The van der Waals surface area contributed by atoms with Crippen LogP contribution in [0.5, 0.6) is 0 Å². The van der Waals surface area contributed by atoms with E-state index in [-0.39, 0.29) is 6.17 Å². The molecule has 240 valence electrons. The van der Waals surface area contributed by atoms with Crippen LogP contribution in [-0.4, -0.2) is 5.71 Å². The fourth-order valence-electron chi connectivity index (χ4n) is 7.63. The maximum Gasteiger partial charge on any atom is 0.145 e. The second kappa shape index (κ2) is 11.3. The second-order valence-electron chi connectivity index (χ2n) is 13.1. The van der Waals surface area contributed by atoms with Crippen LogP contribution in [0.4, 0.5) is 0 Å². The van der Waals surface area contributed by atoms with Gasteiger partial charge in [-0.1, -0.05) is 115 Å². The summed E-state index contributed by atoms with van der Waals surface area (Å²) in [6.07, 6.45) is 1.98. The van der Waals surface area contributed by atoms with Gasteiger partial charge in [-0.05, 0) is 59.2 Å². The average Bonchev–Trinajstić information content (AvgIpc) is 3.88. The van der Waals surface area contributed by atoms with Crippen LogP contribution in [0.1, 0.15) is 22.9 Å². The number of para-hydroxylation sites is 2. The van der Waals surface area contributed by atoms with Crippen LogP contribution in [0.2, 0.25) is 0 Å². The van der Waals surface area contributed by atoms with Crippen molar-refractivity contribution in [1.29, 1.82) is 0 Å². The van der Waals surface area contributed by atoms with Gasteiger partial charge in [0.1, 0.15) is 17.3 Å². The molecule has 1 aliphatic heterocycles. The lowest BCUT2D eigenvalue weighted by atomic mass is 9.99. The van der Waals surface area contributed by atoms with Gasteiger partial charge in [-0.2, -0.15) is 0 Å². The molecule has 0 saturated carbocycles. The Kier molecular flexibility index (Phi) is 6.35.